The molecule has 0 aromatic heterocycles. The number of fused-ring (bicyclic) bond motifs is 3. The van der Waals surface area contributed by atoms with Crippen molar-refractivity contribution in [2.45, 2.75) is 32.0 Å². The van der Waals surface area contributed by atoms with E-state index in [1.54, 1.807) is 7.11 Å². The Bertz CT molecular complexity index is 1170. The number of amides is 1. The Morgan fingerprint density at radius 2 is 1.86 bits per heavy atom. The smallest absolute Gasteiger partial charge is 0.226 e. The van der Waals surface area contributed by atoms with Crippen molar-refractivity contribution in [3.05, 3.63) is 95.3 Å². The second kappa shape index (κ2) is 10.1. The number of nitrogens with zero attached hydrogens (tertiary/aromatic N) is 2. The Hall–Kier alpha value is -3.38. The molecule has 0 bridgehead atoms. The number of carbonyl (C=O) groups excluding carboxylic acids is 1. The van der Waals surface area contributed by atoms with Crippen LogP contribution in [-0.4, -0.2) is 43.6 Å². The molecule has 182 valence electrons. The highest BCUT2D eigenvalue weighted by Gasteiger charge is 2.42. The number of carbonyl (C=O) groups is 1. The summed E-state index contributed by atoms with van der Waals surface area (Å²) in [6.45, 7) is 5.24. The Labute approximate surface area is 206 Å². The number of nitrogens with one attached hydrogen (secondary N) is 1. The van der Waals surface area contributed by atoms with E-state index in [9.17, 15) is 9.18 Å². The third kappa shape index (κ3) is 5.03. The largest absolute Gasteiger partial charge is 0.497 e. The lowest BCUT2D eigenvalue weighted by molar-refractivity contribution is -0.126. The van der Waals surface area contributed by atoms with E-state index in [2.05, 4.69) is 27.2 Å². The molecule has 5 nitrogen and oxygen atoms in total. The van der Waals surface area contributed by atoms with Gasteiger partial charge in [0.15, 0.2) is 0 Å². The van der Waals surface area contributed by atoms with Crippen LogP contribution in [0.25, 0.3) is 0 Å². The van der Waals surface area contributed by atoms with Crippen LogP contribution in [0, 0.1) is 11.7 Å². The summed E-state index contributed by atoms with van der Waals surface area (Å²) in [6, 6.07) is 22.9. The van der Waals surface area contributed by atoms with Crippen molar-refractivity contribution in [1.82, 2.24) is 10.2 Å². The highest BCUT2D eigenvalue weighted by atomic mass is 19.1. The van der Waals surface area contributed by atoms with E-state index in [-0.39, 0.29) is 29.7 Å². The van der Waals surface area contributed by atoms with Crippen molar-refractivity contribution in [3.63, 3.8) is 0 Å². The number of rotatable bonds is 6. The first-order chi connectivity index (χ1) is 17.0. The van der Waals surface area contributed by atoms with Gasteiger partial charge >= 0.3 is 0 Å². The molecule has 1 saturated heterocycles. The van der Waals surface area contributed by atoms with Crippen LogP contribution in [0.15, 0.2) is 72.8 Å². The van der Waals surface area contributed by atoms with Gasteiger partial charge in [-0.15, -0.1) is 0 Å². The van der Waals surface area contributed by atoms with Crippen LogP contribution in [0.2, 0.25) is 0 Å². The lowest BCUT2D eigenvalue weighted by Crippen LogP contribution is -2.61. The van der Waals surface area contributed by atoms with Crippen LogP contribution >= 0.6 is 0 Å². The Kier molecular flexibility index (Phi) is 6.73. The number of benzene rings is 3. The molecule has 1 N–H and O–H groups in total. The Morgan fingerprint density at radius 3 is 2.60 bits per heavy atom. The van der Waals surface area contributed by atoms with Crippen LogP contribution in [-0.2, 0) is 17.8 Å². The van der Waals surface area contributed by atoms with Crippen molar-refractivity contribution in [2.24, 2.45) is 5.92 Å². The normalized spacial score (nSPS) is 20.5. The van der Waals surface area contributed by atoms with Crippen LogP contribution in [0.4, 0.5) is 10.1 Å². The zero-order chi connectivity index (χ0) is 24.4. The summed E-state index contributed by atoms with van der Waals surface area (Å²) < 4.78 is 18.9. The Morgan fingerprint density at radius 1 is 1.09 bits per heavy atom. The SMILES string of the molecule is COc1ccc2c(c1)N1CCN(Cc3ccc(F)cc3)C[C@@H]1[C@@H](C(=O)N[C@H](C)c1ccccc1)C2. The number of hydrogen-bond acceptors (Lipinski definition) is 4. The summed E-state index contributed by atoms with van der Waals surface area (Å²) in [5.74, 6) is 0.525. The maximum Gasteiger partial charge on any atom is 0.226 e. The average Bonchev–Trinajstić information content (AvgIpc) is 2.89. The monoisotopic (exact) mass is 473 g/mol. The number of anilines is 1. The van der Waals surface area contributed by atoms with Gasteiger partial charge in [0.05, 0.1) is 25.1 Å². The third-order valence-corrected chi connectivity index (χ3v) is 7.32. The zero-order valence-corrected chi connectivity index (χ0v) is 20.3. The molecule has 35 heavy (non-hydrogen) atoms. The number of methoxy groups -OCH3 is 1. The minimum atomic E-state index is -0.222. The van der Waals surface area contributed by atoms with Gasteiger partial charge in [0.25, 0.3) is 0 Å². The van der Waals surface area contributed by atoms with Crippen molar-refractivity contribution < 1.29 is 13.9 Å². The molecule has 6 heteroatoms. The predicted molar refractivity (Wildman–Crippen MR) is 136 cm³/mol. The lowest BCUT2D eigenvalue weighted by Gasteiger charge is -2.49. The van der Waals surface area contributed by atoms with Gasteiger partial charge in [-0.25, -0.2) is 4.39 Å². The van der Waals surface area contributed by atoms with Gasteiger partial charge < -0.3 is 15.0 Å². The molecule has 2 aliphatic heterocycles. The fraction of sp³-hybridized carbons (Fsp3) is 0.345. The van der Waals surface area contributed by atoms with Gasteiger partial charge in [-0.3, -0.25) is 9.69 Å². The first-order valence-electron chi connectivity index (χ1n) is 12.3. The number of halogens is 1. The lowest BCUT2D eigenvalue weighted by atomic mass is 9.83. The van der Waals surface area contributed by atoms with Gasteiger partial charge in [0, 0.05) is 37.9 Å². The quantitative estimate of drug-likeness (QED) is 0.570. The van der Waals surface area contributed by atoms with Crippen LogP contribution in [0.5, 0.6) is 5.75 Å². The molecule has 3 aromatic carbocycles. The molecule has 3 atom stereocenters. The molecule has 0 saturated carbocycles. The molecule has 0 radical (unpaired) electrons. The molecule has 2 aliphatic rings. The van der Waals surface area contributed by atoms with Crippen LogP contribution in [0.3, 0.4) is 0 Å². The fourth-order valence-corrected chi connectivity index (χ4v) is 5.40. The van der Waals surface area contributed by atoms with Gasteiger partial charge in [-0.1, -0.05) is 48.5 Å². The van der Waals surface area contributed by atoms with E-state index in [4.69, 9.17) is 4.74 Å². The fourth-order valence-electron chi connectivity index (χ4n) is 5.40. The number of piperazine rings is 1. The number of hydrogen-bond donors (Lipinski definition) is 1. The third-order valence-electron chi connectivity index (χ3n) is 7.32. The van der Waals surface area contributed by atoms with Crippen molar-refractivity contribution in [3.8, 4) is 5.75 Å². The summed E-state index contributed by atoms with van der Waals surface area (Å²) in [7, 11) is 1.68. The second-order valence-corrected chi connectivity index (χ2v) is 9.57. The van der Waals surface area contributed by atoms with E-state index in [1.807, 2.05) is 55.5 Å². The molecule has 0 spiro atoms. The minimum Gasteiger partial charge on any atom is -0.497 e. The second-order valence-electron chi connectivity index (χ2n) is 9.57. The molecule has 0 unspecified atom stereocenters. The maximum atomic E-state index is 13.6. The maximum absolute atomic E-state index is 13.6. The number of ether oxygens (including phenoxy) is 1. The molecule has 3 aromatic rings. The molecule has 1 fully saturated rings. The van der Waals surface area contributed by atoms with E-state index in [0.29, 0.717) is 6.42 Å². The molecule has 5 rings (SSSR count). The van der Waals surface area contributed by atoms with E-state index < -0.39 is 0 Å². The standard InChI is InChI=1S/C29H32FN3O2/c1-20(22-6-4-3-5-7-22)31-29(34)26-16-23-10-13-25(35-2)17-27(23)33-15-14-32(19-28(26)33)18-21-8-11-24(30)12-9-21/h3-13,17,20,26,28H,14-16,18-19H2,1-2H3,(H,31,34)/t20-,26+,28-/m1/s1. The van der Waals surface area contributed by atoms with E-state index in [0.717, 1.165) is 48.7 Å². The highest BCUT2D eigenvalue weighted by Crippen LogP contribution is 2.38. The van der Waals surface area contributed by atoms with Gasteiger partial charge in [-0.2, -0.15) is 0 Å². The van der Waals surface area contributed by atoms with Crippen molar-refractivity contribution in [2.75, 3.05) is 31.6 Å². The summed E-state index contributed by atoms with van der Waals surface area (Å²) >= 11 is 0. The first-order valence-corrected chi connectivity index (χ1v) is 12.3. The Balaban J connectivity index is 1.39. The predicted octanol–water partition coefficient (Wildman–Crippen LogP) is 4.57. The van der Waals surface area contributed by atoms with Crippen molar-refractivity contribution >= 4 is 11.6 Å². The topological polar surface area (TPSA) is 44.8 Å². The molecule has 1 amide bonds. The van der Waals surface area contributed by atoms with Gasteiger partial charge in [-0.05, 0) is 48.2 Å². The molecule has 2 heterocycles. The van der Waals surface area contributed by atoms with Crippen molar-refractivity contribution in [1.29, 1.82) is 0 Å². The van der Waals surface area contributed by atoms with Gasteiger partial charge in [0.2, 0.25) is 5.91 Å². The summed E-state index contributed by atoms with van der Waals surface area (Å²) in [4.78, 5) is 18.4. The van der Waals surface area contributed by atoms with Crippen LogP contribution < -0.4 is 15.0 Å². The first kappa shape index (κ1) is 23.4. The molecule has 0 aliphatic carbocycles. The molecular weight excluding hydrogens is 441 g/mol. The van der Waals surface area contributed by atoms with E-state index in [1.165, 1.54) is 17.7 Å². The summed E-state index contributed by atoms with van der Waals surface area (Å²) in [5.41, 5.74) is 4.52. The average molecular weight is 474 g/mol. The summed E-state index contributed by atoms with van der Waals surface area (Å²) in [5, 5.41) is 3.27. The zero-order valence-electron chi connectivity index (χ0n) is 20.3. The highest BCUT2D eigenvalue weighted by molar-refractivity contribution is 5.82. The van der Waals surface area contributed by atoms with Crippen LogP contribution in [0.1, 0.15) is 29.7 Å². The molecular formula is C29H32FN3O2. The van der Waals surface area contributed by atoms with E-state index >= 15 is 0 Å². The minimum absolute atomic E-state index is 0.0479. The van der Waals surface area contributed by atoms with Gasteiger partial charge in [0.1, 0.15) is 11.6 Å². The summed E-state index contributed by atoms with van der Waals surface area (Å²) in [6.07, 6.45) is 0.693.